The molecule has 0 radical (unpaired) electrons. The fourth-order valence-corrected chi connectivity index (χ4v) is 4.33. The fourth-order valence-electron chi connectivity index (χ4n) is 3.77. The highest BCUT2D eigenvalue weighted by Crippen LogP contribution is 2.28. The Morgan fingerprint density at radius 1 is 1.03 bits per heavy atom. The van der Waals surface area contributed by atoms with Crippen LogP contribution in [-0.2, 0) is 0 Å². The molecule has 1 saturated carbocycles. The highest BCUT2D eigenvalue weighted by Gasteiger charge is 2.23. The summed E-state index contributed by atoms with van der Waals surface area (Å²) in [6, 6.07) is 15.8. The molecule has 4 rings (SSSR count). The number of pyridine rings is 1. The van der Waals surface area contributed by atoms with Gasteiger partial charge in [0.15, 0.2) is 0 Å². The monoisotopic (exact) mass is 472 g/mol. The van der Waals surface area contributed by atoms with Crippen molar-refractivity contribution in [1.29, 1.82) is 0 Å². The molecule has 1 aliphatic rings. The molecule has 0 atom stereocenters. The molecule has 1 aliphatic carbocycles. The molecule has 1 fully saturated rings. The van der Waals surface area contributed by atoms with E-state index in [2.05, 4.69) is 36.9 Å². The Morgan fingerprint density at radius 3 is 2.62 bits per heavy atom. The number of amides is 2. The summed E-state index contributed by atoms with van der Waals surface area (Å²) in [5, 5.41) is 11.4. The van der Waals surface area contributed by atoms with E-state index in [-0.39, 0.29) is 12.1 Å². The average molecular weight is 474 g/mol. The van der Waals surface area contributed by atoms with E-state index in [0.717, 1.165) is 52.4 Å². The summed E-state index contributed by atoms with van der Waals surface area (Å²) in [6.07, 6.45) is 5.69. The quantitative estimate of drug-likeness (QED) is 0.423. The van der Waals surface area contributed by atoms with Crippen molar-refractivity contribution in [2.75, 3.05) is 10.6 Å². The van der Waals surface area contributed by atoms with Gasteiger partial charge in [-0.15, -0.1) is 0 Å². The molecule has 2 amide bonds. The van der Waals surface area contributed by atoms with Crippen molar-refractivity contribution < 1.29 is 4.79 Å². The van der Waals surface area contributed by atoms with Crippen LogP contribution in [0.5, 0.6) is 0 Å². The van der Waals surface area contributed by atoms with Gasteiger partial charge in [0.2, 0.25) is 0 Å². The maximum absolute atomic E-state index is 12.3. The second kappa shape index (κ2) is 9.01. The van der Waals surface area contributed by atoms with Crippen LogP contribution in [0.2, 0.25) is 5.02 Å². The third-order valence-corrected chi connectivity index (χ3v) is 5.94. The van der Waals surface area contributed by atoms with Gasteiger partial charge in [0, 0.05) is 44.5 Å². The Bertz CT molecular complexity index is 1020. The maximum Gasteiger partial charge on any atom is 0.319 e. The van der Waals surface area contributed by atoms with Gasteiger partial charge < -0.3 is 16.0 Å². The highest BCUT2D eigenvalue weighted by atomic mass is 79.9. The molecule has 1 heterocycles. The number of halogens is 2. The zero-order valence-electron chi connectivity index (χ0n) is 15.8. The lowest BCUT2D eigenvalue weighted by atomic mass is 9.91. The van der Waals surface area contributed by atoms with Crippen molar-refractivity contribution in [3.63, 3.8) is 0 Å². The predicted molar refractivity (Wildman–Crippen MR) is 123 cm³/mol. The summed E-state index contributed by atoms with van der Waals surface area (Å²) < 4.78 is 0.938. The van der Waals surface area contributed by atoms with Crippen molar-refractivity contribution in [3.05, 3.63) is 64.2 Å². The zero-order valence-corrected chi connectivity index (χ0v) is 18.1. The number of anilines is 2. The van der Waals surface area contributed by atoms with Crippen LogP contribution in [0.25, 0.3) is 10.9 Å². The summed E-state index contributed by atoms with van der Waals surface area (Å²) in [4.78, 5) is 16.7. The SMILES string of the molecule is O=C(Nc1cccc(Br)c1)NC1CCC(Nc2ccnc3cc(Cl)ccc23)CC1. The van der Waals surface area contributed by atoms with E-state index in [1.165, 1.54) is 0 Å². The number of carbonyl (C=O) groups excluding carboxylic acids is 1. The maximum atomic E-state index is 12.3. The lowest BCUT2D eigenvalue weighted by molar-refractivity contribution is 0.243. The summed E-state index contributed by atoms with van der Waals surface area (Å²) in [5.41, 5.74) is 2.74. The van der Waals surface area contributed by atoms with Crippen LogP contribution in [0.15, 0.2) is 59.2 Å². The largest absolute Gasteiger partial charge is 0.382 e. The van der Waals surface area contributed by atoms with E-state index in [1.807, 2.05) is 48.5 Å². The summed E-state index contributed by atoms with van der Waals surface area (Å²) in [7, 11) is 0. The first-order chi connectivity index (χ1) is 14.1. The lowest BCUT2D eigenvalue weighted by Gasteiger charge is -2.30. The van der Waals surface area contributed by atoms with Gasteiger partial charge in [0.1, 0.15) is 0 Å². The van der Waals surface area contributed by atoms with Crippen LogP contribution in [-0.4, -0.2) is 23.1 Å². The molecule has 0 bridgehead atoms. The first-order valence-corrected chi connectivity index (χ1v) is 10.9. The minimum Gasteiger partial charge on any atom is -0.382 e. The Kier molecular flexibility index (Phi) is 6.21. The molecule has 29 heavy (non-hydrogen) atoms. The lowest BCUT2D eigenvalue weighted by Crippen LogP contribution is -2.42. The van der Waals surface area contributed by atoms with E-state index in [0.29, 0.717) is 11.1 Å². The number of fused-ring (bicyclic) bond motifs is 1. The number of rotatable bonds is 4. The van der Waals surface area contributed by atoms with Gasteiger partial charge in [-0.25, -0.2) is 4.79 Å². The molecule has 0 spiro atoms. The van der Waals surface area contributed by atoms with Crippen LogP contribution < -0.4 is 16.0 Å². The summed E-state index contributed by atoms with van der Waals surface area (Å²) in [5.74, 6) is 0. The number of urea groups is 1. The Morgan fingerprint density at radius 2 is 1.83 bits per heavy atom. The first-order valence-electron chi connectivity index (χ1n) is 9.71. The number of aromatic nitrogens is 1. The van der Waals surface area contributed by atoms with E-state index < -0.39 is 0 Å². The molecule has 7 heteroatoms. The van der Waals surface area contributed by atoms with Crippen molar-refractivity contribution in [2.45, 2.75) is 37.8 Å². The first kappa shape index (κ1) is 20.0. The summed E-state index contributed by atoms with van der Waals surface area (Å²) >= 11 is 9.49. The molecular weight excluding hydrogens is 452 g/mol. The average Bonchev–Trinajstić information content (AvgIpc) is 2.69. The van der Waals surface area contributed by atoms with Gasteiger partial charge in [0.05, 0.1) is 5.52 Å². The van der Waals surface area contributed by atoms with Crippen molar-refractivity contribution in [1.82, 2.24) is 10.3 Å². The van der Waals surface area contributed by atoms with Crippen LogP contribution in [0.4, 0.5) is 16.2 Å². The van der Waals surface area contributed by atoms with Crippen LogP contribution in [0.1, 0.15) is 25.7 Å². The molecule has 2 aromatic carbocycles. The summed E-state index contributed by atoms with van der Waals surface area (Å²) in [6.45, 7) is 0. The number of hydrogen-bond acceptors (Lipinski definition) is 3. The number of nitrogens with one attached hydrogen (secondary N) is 3. The minimum atomic E-state index is -0.156. The van der Waals surface area contributed by atoms with E-state index >= 15 is 0 Å². The molecule has 150 valence electrons. The molecule has 0 unspecified atom stereocenters. The minimum absolute atomic E-state index is 0.156. The van der Waals surface area contributed by atoms with E-state index in [1.54, 1.807) is 6.20 Å². The van der Waals surface area contributed by atoms with E-state index in [4.69, 9.17) is 11.6 Å². The Hall–Kier alpha value is -2.31. The number of benzene rings is 2. The highest BCUT2D eigenvalue weighted by molar-refractivity contribution is 9.10. The van der Waals surface area contributed by atoms with Crippen molar-refractivity contribution >= 4 is 55.8 Å². The smallest absolute Gasteiger partial charge is 0.319 e. The van der Waals surface area contributed by atoms with Crippen molar-refractivity contribution in [2.24, 2.45) is 0 Å². The second-order valence-electron chi connectivity index (χ2n) is 7.32. The molecule has 5 nitrogen and oxygen atoms in total. The van der Waals surface area contributed by atoms with Crippen LogP contribution in [0.3, 0.4) is 0 Å². The molecule has 3 N–H and O–H groups in total. The Balaban J connectivity index is 1.30. The second-order valence-corrected chi connectivity index (χ2v) is 8.67. The molecule has 3 aromatic rings. The van der Waals surface area contributed by atoms with Gasteiger partial charge in [-0.2, -0.15) is 0 Å². The van der Waals surface area contributed by atoms with Gasteiger partial charge in [0.25, 0.3) is 0 Å². The molecule has 1 aromatic heterocycles. The third-order valence-electron chi connectivity index (χ3n) is 5.21. The van der Waals surface area contributed by atoms with E-state index in [9.17, 15) is 4.79 Å². The van der Waals surface area contributed by atoms with Gasteiger partial charge >= 0.3 is 6.03 Å². The van der Waals surface area contributed by atoms with Gasteiger partial charge in [-0.3, -0.25) is 4.98 Å². The molecule has 0 aliphatic heterocycles. The number of nitrogens with zero attached hydrogens (tertiary/aromatic N) is 1. The zero-order chi connectivity index (χ0) is 20.2. The number of hydrogen-bond donors (Lipinski definition) is 3. The van der Waals surface area contributed by atoms with Gasteiger partial charge in [-0.1, -0.05) is 33.6 Å². The van der Waals surface area contributed by atoms with Crippen LogP contribution in [0, 0.1) is 0 Å². The molecular formula is C22H22BrClN4O. The predicted octanol–water partition coefficient (Wildman–Crippen LogP) is 6.20. The van der Waals surface area contributed by atoms with Crippen LogP contribution >= 0.6 is 27.5 Å². The van der Waals surface area contributed by atoms with Gasteiger partial charge in [-0.05, 0) is 68.1 Å². The number of carbonyl (C=O) groups is 1. The van der Waals surface area contributed by atoms with Crippen molar-refractivity contribution in [3.8, 4) is 0 Å². The Labute approximate surface area is 183 Å². The molecule has 0 saturated heterocycles. The normalized spacial score (nSPS) is 19.0. The third kappa shape index (κ3) is 5.19. The standard InChI is InChI=1S/C22H22BrClN4O/c23-14-2-1-3-18(12-14)28-22(29)27-17-7-5-16(6-8-17)26-20-10-11-25-21-13-15(24)4-9-19(20)21/h1-4,9-13,16-17H,5-8H2,(H,25,26)(H2,27,28,29). The fraction of sp³-hybridized carbons (Fsp3) is 0.273. The topological polar surface area (TPSA) is 66.1 Å².